The van der Waals surface area contributed by atoms with Crippen molar-refractivity contribution in [2.45, 2.75) is 32.6 Å². The Morgan fingerprint density at radius 2 is 1.94 bits per heavy atom. The summed E-state index contributed by atoms with van der Waals surface area (Å²) in [5, 5.41) is 0.489. The van der Waals surface area contributed by atoms with Gasteiger partial charge in [0.25, 0.3) is 11.7 Å². The van der Waals surface area contributed by atoms with Gasteiger partial charge in [0.2, 0.25) is 0 Å². The Balaban J connectivity index is 2.13. The van der Waals surface area contributed by atoms with E-state index in [2.05, 4.69) is 6.92 Å². The van der Waals surface area contributed by atoms with Gasteiger partial charge in [0.1, 0.15) is 0 Å². The van der Waals surface area contributed by atoms with Crippen LogP contribution in [0.5, 0.6) is 0 Å². The van der Waals surface area contributed by atoms with Gasteiger partial charge in [0, 0.05) is 11.6 Å². The van der Waals surface area contributed by atoms with E-state index in [1.807, 2.05) is 0 Å². The monoisotopic (exact) mass is 265 g/mol. The summed E-state index contributed by atoms with van der Waals surface area (Å²) >= 11 is 5.85. The molecule has 0 aromatic heterocycles. The van der Waals surface area contributed by atoms with E-state index in [-0.39, 0.29) is 0 Å². The Labute approximate surface area is 112 Å². The number of carbonyl (C=O) groups excluding carboxylic acids is 2. The lowest BCUT2D eigenvalue weighted by molar-refractivity contribution is -0.114. The topological polar surface area (TPSA) is 37.4 Å². The standard InChI is InChI=1S/C14H16ClNO2/c1-2-3-4-5-8-16-12-7-6-10(15)9-11(12)13(17)14(16)18/h6-7,9H,2-5,8H2,1H3. The molecular formula is C14H16ClNO2. The molecule has 3 nitrogen and oxygen atoms in total. The molecule has 0 bridgehead atoms. The largest absolute Gasteiger partial charge is 0.305 e. The molecule has 0 aliphatic carbocycles. The highest BCUT2D eigenvalue weighted by Crippen LogP contribution is 2.31. The Bertz CT molecular complexity index is 485. The van der Waals surface area contributed by atoms with Crippen LogP contribution in [0.25, 0.3) is 0 Å². The van der Waals surface area contributed by atoms with E-state index in [0.29, 0.717) is 22.8 Å². The van der Waals surface area contributed by atoms with E-state index in [9.17, 15) is 9.59 Å². The van der Waals surface area contributed by atoms with E-state index in [1.165, 1.54) is 0 Å². The number of fused-ring (bicyclic) bond motifs is 1. The van der Waals surface area contributed by atoms with Gasteiger partial charge in [-0.15, -0.1) is 0 Å². The van der Waals surface area contributed by atoms with Crippen molar-refractivity contribution >= 4 is 29.0 Å². The molecule has 0 fully saturated rings. The molecular weight excluding hydrogens is 250 g/mol. The first-order valence-corrected chi connectivity index (χ1v) is 6.68. The minimum Gasteiger partial charge on any atom is -0.305 e. The molecule has 1 amide bonds. The Hall–Kier alpha value is -1.35. The fourth-order valence-electron chi connectivity index (χ4n) is 2.19. The maximum Gasteiger partial charge on any atom is 0.299 e. The molecule has 1 heterocycles. The number of unbranched alkanes of at least 4 members (excludes halogenated alkanes) is 3. The predicted molar refractivity (Wildman–Crippen MR) is 72.3 cm³/mol. The Morgan fingerprint density at radius 1 is 1.17 bits per heavy atom. The lowest BCUT2D eigenvalue weighted by atomic mass is 10.1. The number of hydrogen-bond acceptors (Lipinski definition) is 2. The number of hydrogen-bond donors (Lipinski definition) is 0. The molecule has 0 atom stereocenters. The third kappa shape index (κ3) is 2.41. The van der Waals surface area contributed by atoms with Crippen molar-refractivity contribution < 1.29 is 9.59 Å². The first-order chi connectivity index (χ1) is 8.65. The molecule has 2 rings (SSSR count). The van der Waals surface area contributed by atoms with Gasteiger partial charge in [0.05, 0.1) is 11.3 Å². The molecule has 1 aromatic rings. The van der Waals surface area contributed by atoms with Crippen LogP contribution in [0.15, 0.2) is 18.2 Å². The summed E-state index contributed by atoms with van der Waals surface area (Å²) in [4.78, 5) is 25.2. The number of amides is 1. The minimum absolute atomic E-state index is 0.427. The van der Waals surface area contributed by atoms with Gasteiger partial charge in [-0.1, -0.05) is 37.8 Å². The van der Waals surface area contributed by atoms with Crippen LogP contribution >= 0.6 is 11.6 Å². The summed E-state index contributed by atoms with van der Waals surface area (Å²) in [6.07, 6.45) is 4.31. The lowest BCUT2D eigenvalue weighted by Crippen LogP contribution is -2.30. The third-order valence-electron chi connectivity index (χ3n) is 3.17. The smallest absolute Gasteiger partial charge is 0.299 e. The fraction of sp³-hybridized carbons (Fsp3) is 0.429. The molecule has 4 heteroatoms. The van der Waals surface area contributed by atoms with Crippen molar-refractivity contribution in [1.29, 1.82) is 0 Å². The molecule has 1 aromatic carbocycles. The molecule has 1 aliphatic rings. The van der Waals surface area contributed by atoms with Gasteiger partial charge in [-0.25, -0.2) is 0 Å². The normalized spacial score (nSPS) is 14.2. The predicted octanol–water partition coefficient (Wildman–Crippen LogP) is 3.45. The molecule has 18 heavy (non-hydrogen) atoms. The highest BCUT2D eigenvalue weighted by atomic mass is 35.5. The molecule has 0 radical (unpaired) electrons. The van der Waals surface area contributed by atoms with Crippen LogP contribution in [-0.4, -0.2) is 18.2 Å². The zero-order chi connectivity index (χ0) is 13.1. The van der Waals surface area contributed by atoms with Crippen LogP contribution in [0.2, 0.25) is 5.02 Å². The van der Waals surface area contributed by atoms with E-state index in [0.717, 1.165) is 25.7 Å². The second kappa shape index (κ2) is 5.53. The Morgan fingerprint density at radius 3 is 2.67 bits per heavy atom. The molecule has 0 spiro atoms. The molecule has 0 saturated carbocycles. The molecule has 96 valence electrons. The van der Waals surface area contributed by atoms with Crippen LogP contribution in [0, 0.1) is 0 Å². The third-order valence-corrected chi connectivity index (χ3v) is 3.40. The van der Waals surface area contributed by atoms with Crippen molar-refractivity contribution in [3.05, 3.63) is 28.8 Å². The number of rotatable bonds is 5. The van der Waals surface area contributed by atoms with Crippen molar-refractivity contribution in [2.75, 3.05) is 11.4 Å². The van der Waals surface area contributed by atoms with Crippen molar-refractivity contribution in [2.24, 2.45) is 0 Å². The number of carbonyl (C=O) groups is 2. The number of ketones is 1. The van der Waals surface area contributed by atoms with Crippen molar-refractivity contribution in [3.8, 4) is 0 Å². The molecule has 0 N–H and O–H groups in total. The maximum atomic E-state index is 11.9. The number of halogens is 1. The van der Waals surface area contributed by atoms with Gasteiger partial charge in [0.15, 0.2) is 0 Å². The van der Waals surface area contributed by atoms with Gasteiger partial charge in [-0.05, 0) is 24.6 Å². The first kappa shape index (κ1) is 13.1. The first-order valence-electron chi connectivity index (χ1n) is 6.31. The van der Waals surface area contributed by atoms with E-state index in [4.69, 9.17) is 11.6 Å². The zero-order valence-corrected chi connectivity index (χ0v) is 11.2. The summed E-state index contributed by atoms with van der Waals surface area (Å²) in [6.45, 7) is 2.75. The van der Waals surface area contributed by atoms with Gasteiger partial charge in [-0.3, -0.25) is 9.59 Å². The van der Waals surface area contributed by atoms with E-state index >= 15 is 0 Å². The number of nitrogens with zero attached hydrogens (tertiary/aromatic N) is 1. The fourth-order valence-corrected chi connectivity index (χ4v) is 2.36. The summed E-state index contributed by atoms with van der Waals surface area (Å²) in [5.74, 6) is -0.869. The van der Waals surface area contributed by atoms with Crippen LogP contribution < -0.4 is 4.90 Å². The van der Waals surface area contributed by atoms with E-state index < -0.39 is 11.7 Å². The average Bonchev–Trinajstić information content (AvgIpc) is 2.59. The van der Waals surface area contributed by atoms with Crippen LogP contribution in [0.4, 0.5) is 5.69 Å². The average molecular weight is 266 g/mol. The summed E-state index contributed by atoms with van der Waals surface area (Å²) < 4.78 is 0. The SMILES string of the molecule is CCCCCCN1C(=O)C(=O)c2cc(Cl)ccc21. The number of anilines is 1. The zero-order valence-electron chi connectivity index (χ0n) is 10.4. The summed E-state index contributed by atoms with van der Waals surface area (Å²) in [7, 11) is 0. The second-order valence-electron chi connectivity index (χ2n) is 4.51. The maximum absolute atomic E-state index is 11.9. The Kier molecular flexibility index (Phi) is 4.02. The lowest BCUT2D eigenvalue weighted by Gasteiger charge is -2.16. The highest BCUT2D eigenvalue weighted by molar-refractivity contribution is 6.52. The van der Waals surface area contributed by atoms with Crippen molar-refractivity contribution in [3.63, 3.8) is 0 Å². The van der Waals surface area contributed by atoms with Gasteiger partial charge in [-0.2, -0.15) is 0 Å². The summed E-state index contributed by atoms with van der Waals surface area (Å²) in [5.41, 5.74) is 1.13. The van der Waals surface area contributed by atoms with Crippen LogP contribution in [-0.2, 0) is 4.79 Å². The highest BCUT2D eigenvalue weighted by Gasteiger charge is 2.35. The molecule has 1 aliphatic heterocycles. The minimum atomic E-state index is -0.442. The quantitative estimate of drug-likeness (QED) is 0.604. The summed E-state index contributed by atoms with van der Waals surface area (Å²) in [6, 6.07) is 5.04. The van der Waals surface area contributed by atoms with Crippen LogP contribution in [0.3, 0.4) is 0 Å². The number of benzene rings is 1. The second-order valence-corrected chi connectivity index (χ2v) is 4.94. The number of Topliss-reactive ketones (excluding diaryl/α,β-unsaturated/α-hetero) is 1. The molecule has 0 saturated heterocycles. The van der Waals surface area contributed by atoms with Crippen LogP contribution in [0.1, 0.15) is 43.0 Å². The van der Waals surface area contributed by atoms with Gasteiger partial charge < -0.3 is 4.90 Å². The van der Waals surface area contributed by atoms with E-state index in [1.54, 1.807) is 23.1 Å². The van der Waals surface area contributed by atoms with Gasteiger partial charge >= 0.3 is 0 Å². The van der Waals surface area contributed by atoms with Crippen molar-refractivity contribution in [1.82, 2.24) is 0 Å². The molecule has 0 unspecified atom stereocenters.